The van der Waals surface area contributed by atoms with Crippen molar-refractivity contribution in [3.8, 4) is 0 Å². The largest absolute Gasteiger partial charge is 0.409 e. The summed E-state index contributed by atoms with van der Waals surface area (Å²) >= 11 is 1.72. The van der Waals surface area contributed by atoms with Gasteiger partial charge in [0.1, 0.15) is 5.84 Å². The quantitative estimate of drug-likeness (QED) is 0.263. The van der Waals surface area contributed by atoms with E-state index in [2.05, 4.69) is 12.1 Å². The smallest absolute Gasteiger partial charge is 0.140 e. The topological polar surface area (TPSA) is 58.6 Å². The number of nitrogens with zero attached hydrogens (tertiary/aromatic N) is 1. The van der Waals surface area contributed by atoms with E-state index >= 15 is 0 Å². The Bertz CT molecular complexity index is 300. The van der Waals surface area contributed by atoms with Crippen LogP contribution in [0.1, 0.15) is 13.3 Å². The number of rotatable bonds is 4. The number of thioether (sulfide) groups is 1. The van der Waals surface area contributed by atoms with Crippen molar-refractivity contribution in [1.29, 1.82) is 0 Å². The van der Waals surface area contributed by atoms with Gasteiger partial charge in [0.05, 0.1) is 0 Å². The molecule has 3 nitrogen and oxygen atoms in total. The minimum Gasteiger partial charge on any atom is -0.409 e. The van der Waals surface area contributed by atoms with Gasteiger partial charge < -0.3 is 10.9 Å². The maximum atomic E-state index is 8.40. The Morgan fingerprint density at radius 1 is 1.50 bits per heavy atom. The highest BCUT2D eigenvalue weighted by Gasteiger charge is 2.06. The maximum Gasteiger partial charge on any atom is 0.140 e. The molecule has 76 valence electrons. The van der Waals surface area contributed by atoms with Gasteiger partial charge in [0.25, 0.3) is 0 Å². The summed E-state index contributed by atoms with van der Waals surface area (Å²) in [7, 11) is 0. The zero-order chi connectivity index (χ0) is 10.4. The molecule has 0 aromatic heterocycles. The Labute approximate surface area is 88.0 Å². The van der Waals surface area contributed by atoms with E-state index < -0.39 is 0 Å². The normalized spacial score (nSPS) is 13.9. The Kier molecular flexibility index (Phi) is 4.32. The molecule has 1 rings (SSSR count). The van der Waals surface area contributed by atoms with E-state index in [0.717, 1.165) is 0 Å². The van der Waals surface area contributed by atoms with Crippen molar-refractivity contribution in [2.75, 3.05) is 0 Å². The average Bonchev–Trinajstić information content (AvgIpc) is 2.19. The molecule has 0 aliphatic carbocycles. The Balaban J connectivity index is 2.45. The van der Waals surface area contributed by atoms with E-state index in [1.807, 2.05) is 30.3 Å². The molecule has 3 N–H and O–H groups in total. The number of hydrogen-bond acceptors (Lipinski definition) is 3. The molecule has 1 atom stereocenters. The van der Waals surface area contributed by atoms with Crippen LogP contribution in [0.15, 0.2) is 40.4 Å². The van der Waals surface area contributed by atoms with Crippen molar-refractivity contribution in [2.24, 2.45) is 10.9 Å². The maximum absolute atomic E-state index is 8.40. The summed E-state index contributed by atoms with van der Waals surface area (Å²) < 4.78 is 0. The van der Waals surface area contributed by atoms with E-state index in [4.69, 9.17) is 10.9 Å². The molecule has 0 saturated carbocycles. The van der Waals surface area contributed by atoms with Gasteiger partial charge in [-0.2, -0.15) is 0 Å². The summed E-state index contributed by atoms with van der Waals surface area (Å²) in [5.74, 6) is 0.279. The number of amidine groups is 1. The fourth-order valence-electron chi connectivity index (χ4n) is 1.11. The van der Waals surface area contributed by atoms with E-state index in [0.29, 0.717) is 11.7 Å². The fraction of sp³-hybridized carbons (Fsp3) is 0.300. The zero-order valence-electron chi connectivity index (χ0n) is 8.05. The highest BCUT2D eigenvalue weighted by molar-refractivity contribution is 8.00. The van der Waals surface area contributed by atoms with Crippen LogP contribution in [0.25, 0.3) is 0 Å². The van der Waals surface area contributed by atoms with Crippen LogP contribution in [0.2, 0.25) is 0 Å². The first-order chi connectivity index (χ1) is 6.72. The van der Waals surface area contributed by atoms with Gasteiger partial charge in [0.2, 0.25) is 0 Å². The molecule has 14 heavy (non-hydrogen) atoms. The lowest BCUT2D eigenvalue weighted by Gasteiger charge is -2.09. The third-order valence-electron chi connectivity index (χ3n) is 1.71. The summed E-state index contributed by atoms with van der Waals surface area (Å²) in [4.78, 5) is 1.20. The number of benzene rings is 1. The van der Waals surface area contributed by atoms with E-state index in [1.54, 1.807) is 11.8 Å². The lowest BCUT2D eigenvalue weighted by atomic mass is 10.3. The molecular formula is C10H14N2OS. The molecule has 4 heteroatoms. The summed E-state index contributed by atoms with van der Waals surface area (Å²) in [6.07, 6.45) is 0.593. The predicted octanol–water partition coefficient (Wildman–Crippen LogP) is 2.30. The molecule has 1 aromatic rings. The van der Waals surface area contributed by atoms with Gasteiger partial charge in [-0.3, -0.25) is 0 Å². The average molecular weight is 210 g/mol. The molecule has 0 radical (unpaired) electrons. The second-order valence-electron chi connectivity index (χ2n) is 3.04. The van der Waals surface area contributed by atoms with Crippen molar-refractivity contribution in [1.82, 2.24) is 0 Å². The van der Waals surface area contributed by atoms with Gasteiger partial charge in [-0.25, -0.2) is 0 Å². The van der Waals surface area contributed by atoms with Crippen molar-refractivity contribution in [2.45, 2.75) is 23.5 Å². The minimum atomic E-state index is 0.279. The van der Waals surface area contributed by atoms with Gasteiger partial charge in [-0.15, -0.1) is 11.8 Å². The minimum absolute atomic E-state index is 0.279. The van der Waals surface area contributed by atoms with Gasteiger partial charge >= 0.3 is 0 Å². The molecule has 0 aliphatic rings. The third-order valence-corrected chi connectivity index (χ3v) is 2.82. The van der Waals surface area contributed by atoms with Crippen molar-refractivity contribution >= 4 is 17.6 Å². The van der Waals surface area contributed by atoms with Crippen molar-refractivity contribution in [3.63, 3.8) is 0 Å². The van der Waals surface area contributed by atoms with Gasteiger partial charge in [-0.05, 0) is 12.1 Å². The number of oxime groups is 1. The molecule has 0 bridgehead atoms. The van der Waals surface area contributed by atoms with Crippen LogP contribution in [0, 0.1) is 0 Å². The predicted molar refractivity (Wildman–Crippen MR) is 59.8 cm³/mol. The number of hydrogen-bond donors (Lipinski definition) is 2. The monoisotopic (exact) mass is 210 g/mol. The molecule has 0 spiro atoms. The molecule has 0 amide bonds. The highest BCUT2D eigenvalue weighted by Crippen LogP contribution is 2.24. The van der Waals surface area contributed by atoms with Crippen LogP contribution in [0.4, 0.5) is 0 Å². The summed E-state index contributed by atoms with van der Waals surface area (Å²) in [5, 5.41) is 11.7. The standard InChI is InChI=1S/C10H14N2OS/c1-8(7-10(11)12-13)14-9-5-3-2-4-6-9/h2-6,8,13H,7H2,1H3,(H2,11,12). The van der Waals surface area contributed by atoms with Crippen LogP contribution in [-0.4, -0.2) is 16.3 Å². The zero-order valence-corrected chi connectivity index (χ0v) is 8.87. The lowest BCUT2D eigenvalue weighted by Crippen LogP contribution is -2.16. The molecular weight excluding hydrogens is 196 g/mol. The molecule has 0 aliphatic heterocycles. The molecule has 1 unspecified atom stereocenters. The fourth-order valence-corrected chi connectivity index (χ4v) is 2.14. The van der Waals surface area contributed by atoms with E-state index in [1.165, 1.54) is 4.90 Å². The van der Waals surface area contributed by atoms with Crippen LogP contribution in [0.3, 0.4) is 0 Å². The highest BCUT2D eigenvalue weighted by atomic mass is 32.2. The first-order valence-electron chi connectivity index (χ1n) is 4.40. The summed E-state index contributed by atoms with van der Waals surface area (Å²) in [5.41, 5.74) is 5.41. The molecule has 0 saturated heterocycles. The third kappa shape index (κ3) is 3.70. The van der Waals surface area contributed by atoms with Gasteiger partial charge in [0.15, 0.2) is 0 Å². The molecule has 0 heterocycles. The Morgan fingerprint density at radius 2 is 2.14 bits per heavy atom. The second-order valence-corrected chi connectivity index (χ2v) is 4.55. The van der Waals surface area contributed by atoms with E-state index in [-0.39, 0.29) is 5.84 Å². The first-order valence-corrected chi connectivity index (χ1v) is 5.28. The second kappa shape index (κ2) is 5.54. The number of nitrogens with two attached hydrogens (primary N) is 1. The van der Waals surface area contributed by atoms with E-state index in [9.17, 15) is 0 Å². The molecule has 1 aromatic carbocycles. The molecule has 0 fully saturated rings. The summed E-state index contributed by atoms with van der Waals surface area (Å²) in [6, 6.07) is 10.1. The van der Waals surface area contributed by atoms with Gasteiger partial charge in [0, 0.05) is 16.6 Å². The van der Waals surface area contributed by atoms with Crippen molar-refractivity contribution in [3.05, 3.63) is 30.3 Å². The summed E-state index contributed by atoms with van der Waals surface area (Å²) in [6.45, 7) is 2.05. The Hall–Kier alpha value is -1.16. The van der Waals surface area contributed by atoms with Crippen LogP contribution in [0.5, 0.6) is 0 Å². The van der Waals surface area contributed by atoms with Crippen LogP contribution < -0.4 is 5.73 Å². The first kappa shape index (κ1) is 10.9. The van der Waals surface area contributed by atoms with Crippen LogP contribution >= 0.6 is 11.8 Å². The Morgan fingerprint density at radius 3 is 2.71 bits per heavy atom. The van der Waals surface area contributed by atoms with Crippen LogP contribution in [-0.2, 0) is 0 Å². The lowest BCUT2D eigenvalue weighted by molar-refractivity contribution is 0.317. The SMILES string of the molecule is CC(CC(N)=NO)Sc1ccccc1. The van der Waals surface area contributed by atoms with Gasteiger partial charge in [-0.1, -0.05) is 30.3 Å². The van der Waals surface area contributed by atoms with Crippen molar-refractivity contribution < 1.29 is 5.21 Å².